The monoisotopic (exact) mass is 341 g/mol. The van der Waals surface area contributed by atoms with Crippen molar-refractivity contribution in [3.05, 3.63) is 42.0 Å². The average molecular weight is 341 g/mol. The lowest BCUT2D eigenvalue weighted by molar-refractivity contribution is -0.129. The fourth-order valence-electron chi connectivity index (χ4n) is 3.76. The van der Waals surface area contributed by atoms with E-state index in [-0.39, 0.29) is 17.7 Å². The Hall–Kier alpha value is -2.30. The maximum atomic E-state index is 12.6. The standard InChI is InChI=1S/C20H27N3O2/c1-15(24)22-19(17-8-2-3-9-17)20(25)21-14-16-7-6-10-18(13-16)23-11-4-5-12-23/h4-7,10,13,17,19H,2-3,8-9,11-12,14H2,1H3,(H,21,25)(H,22,24). The molecule has 5 heteroatoms. The lowest BCUT2D eigenvalue weighted by Gasteiger charge is -2.23. The Labute approximate surface area is 149 Å². The van der Waals surface area contributed by atoms with Gasteiger partial charge in [-0.1, -0.05) is 37.1 Å². The number of nitrogens with one attached hydrogen (secondary N) is 2. The van der Waals surface area contributed by atoms with E-state index in [0.29, 0.717) is 6.54 Å². The summed E-state index contributed by atoms with van der Waals surface area (Å²) in [4.78, 5) is 26.4. The predicted molar refractivity (Wildman–Crippen MR) is 99.2 cm³/mol. The number of carbonyl (C=O) groups is 2. The first-order valence-corrected chi connectivity index (χ1v) is 9.17. The molecule has 25 heavy (non-hydrogen) atoms. The van der Waals surface area contributed by atoms with Crippen LogP contribution in [-0.4, -0.2) is 30.9 Å². The number of benzene rings is 1. The number of nitrogens with zero attached hydrogens (tertiary/aromatic N) is 1. The summed E-state index contributed by atoms with van der Waals surface area (Å²) in [5.41, 5.74) is 2.25. The average Bonchev–Trinajstić information content (AvgIpc) is 3.31. The third kappa shape index (κ3) is 4.62. The Morgan fingerprint density at radius 2 is 1.92 bits per heavy atom. The van der Waals surface area contributed by atoms with Crippen LogP contribution in [0.3, 0.4) is 0 Å². The number of anilines is 1. The van der Waals surface area contributed by atoms with Crippen molar-refractivity contribution < 1.29 is 9.59 Å². The van der Waals surface area contributed by atoms with Crippen LogP contribution in [0.2, 0.25) is 0 Å². The van der Waals surface area contributed by atoms with E-state index in [2.05, 4.69) is 39.8 Å². The highest BCUT2D eigenvalue weighted by Crippen LogP contribution is 2.28. The van der Waals surface area contributed by atoms with Gasteiger partial charge in [-0.15, -0.1) is 0 Å². The zero-order valence-corrected chi connectivity index (χ0v) is 14.8. The molecule has 0 saturated heterocycles. The molecule has 0 bridgehead atoms. The zero-order valence-electron chi connectivity index (χ0n) is 14.8. The normalized spacial score (nSPS) is 18.4. The first-order chi connectivity index (χ1) is 12.1. The third-order valence-electron chi connectivity index (χ3n) is 5.07. The van der Waals surface area contributed by atoms with Crippen molar-refractivity contribution in [2.24, 2.45) is 5.92 Å². The quantitative estimate of drug-likeness (QED) is 0.781. The summed E-state index contributed by atoms with van der Waals surface area (Å²) in [6.45, 7) is 3.82. The predicted octanol–water partition coefficient (Wildman–Crippen LogP) is 2.37. The van der Waals surface area contributed by atoms with Gasteiger partial charge in [0.1, 0.15) is 6.04 Å². The summed E-state index contributed by atoms with van der Waals surface area (Å²) < 4.78 is 0. The number of hydrogen-bond donors (Lipinski definition) is 2. The Bertz CT molecular complexity index is 642. The summed E-state index contributed by atoms with van der Waals surface area (Å²) in [5.74, 6) is 0.0387. The van der Waals surface area contributed by atoms with Crippen molar-refractivity contribution in [2.45, 2.75) is 45.2 Å². The molecule has 1 atom stereocenters. The van der Waals surface area contributed by atoms with Crippen molar-refractivity contribution in [3.8, 4) is 0 Å². The number of carbonyl (C=O) groups excluding carboxylic acids is 2. The summed E-state index contributed by atoms with van der Waals surface area (Å²) in [5, 5.41) is 5.86. The molecule has 0 radical (unpaired) electrons. The molecule has 3 rings (SSSR count). The Morgan fingerprint density at radius 1 is 1.20 bits per heavy atom. The summed E-state index contributed by atoms with van der Waals surface area (Å²) in [6, 6.07) is 7.85. The van der Waals surface area contributed by atoms with Crippen LogP contribution in [0.25, 0.3) is 0 Å². The van der Waals surface area contributed by atoms with E-state index >= 15 is 0 Å². The summed E-state index contributed by atoms with van der Waals surface area (Å²) in [6.07, 6.45) is 8.62. The highest BCUT2D eigenvalue weighted by molar-refractivity contribution is 5.87. The van der Waals surface area contributed by atoms with Crippen LogP contribution in [-0.2, 0) is 16.1 Å². The molecule has 1 aliphatic heterocycles. The van der Waals surface area contributed by atoms with Gasteiger partial charge in [0.2, 0.25) is 11.8 Å². The molecule has 1 aromatic carbocycles. The van der Waals surface area contributed by atoms with Gasteiger partial charge in [0.25, 0.3) is 0 Å². The molecule has 2 amide bonds. The molecule has 2 N–H and O–H groups in total. The molecular formula is C20H27N3O2. The second kappa shape index (κ2) is 8.19. The van der Waals surface area contributed by atoms with Gasteiger partial charge < -0.3 is 15.5 Å². The fourth-order valence-corrected chi connectivity index (χ4v) is 3.76. The van der Waals surface area contributed by atoms with Gasteiger partial charge in [-0.05, 0) is 36.5 Å². The highest BCUT2D eigenvalue weighted by Gasteiger charge is 2.31. The second-order valence-electron chi connectivity index (χ2n) is 6.99. The minimum Gasteiger partial charge on any atom is -0.364 e. The van der Waals surface area contributed by atoms with Crippen LogP contribution >= 0.6 is 0 Å². The first-order valence-electron chi connectivity index (χ1n) is 9.17. The largest absolute Gasteiger partial charge is 0.364 e. The number of rotatable bonds is 6. The van der Waals surface area contributed by atoms with E-state index in [1.807, 2.05) is 12.1 Å². The highest BCUT2D eigenvalue weighted by atomic mass is 16.2. The molecule has 134 valence electrons. The van der Waals surface area contributed by atoms with Crippen LogP contribution in [0.5, 0.6) is 0 Å². The molecule has 2 aliphatic rings. The van der Waals surface area contributed by atoms with E-state index in [9.17, 15) is 9.59 Å². The number of amides is 2. The van der Waals surface area contributed by atoms with Gasteiger partial charge in [-0.25, -0.2) is 0 Å². The lowest BCUT2D eigenvalue weighted by atomic mass is 9.97. The van der Waals surface area contributed by atoms with Crippen LogP contribution < -0.4 is 15.5 Å². The van der Waals surface area contributed by atoms with E-state index in [1.165, 1.54) is 12.6 Å². The minimum atomic E-state index is -0.411. The van der Waals surface area contributed by atoms with E-state index in [1.54, 1.807) is 0 Å². The molecule has 1 fully saturated rings. The fraction of sp³-hybridized carbons (Fsp3) is 0.500. The third-order valence-corrected chi connectivity index (χ3v) is 5.07. The summed E-state index contributed by atoms with van der Waals surface area (Å²) in [7, 11) is 0. The van der Waals surface area contributed by atoms with Crippen molar-refractivity contribution >= 4 is 17.5 Å². The molecule has 1 unspecified atom stereocenters. The Kier molecular flexibility index (Phi) is 5.74. The maximum Gasteiger partial charge on any atom is 0.243 e. The molecule has 0 aromatic heterocycles. The van der Waals surface area contributed by atoms with Crippen molar-refractivity contribution in [3.63, 3.8) is 0 Å². The van der Waals surface area contributed by atoms with Crippen molar-refractivity contribution in [1.82, 2.24) is 10.6 Å². The molecule has 0 spiro atoms. The molecular weight excluding hydrogens is 314 g/mol. The molecule has 5 nitrogen and oxygen atoms in total. The topological polar surface area (TPSA) is 61.4 Å². The maximum absolute atomic E-state index is 12.6. The van der Waals surface area contributed by atoms with Crippen LogP contribution in [0.4, 0.5) is 5.69 Å². The van der Waals surface area contributed by atoms with Gasteiger partial charge in [-0.2, -0.15) is 0 Å². The zero-order chi connectivity index (χ0) is 17.6. The van der Waals surface area contributed by atoms with Gasteiger partial charge in [0, 0.05) is 32.2 Å². The number of hydrogen-bond acceptors (Lipinski definition) is 3. The lowest BCUT2D eigenvalue weighted by Crippen LogP contribution is -2.49. The van der Waals surface area contributed by atoms with Gasteiger partial charge in [-0.3, -0.25) is 9.59 Å². The van der Waals surface area contributed by atoms with Crippen LogP contribution in [0, 0.1) is 5.92 Å². The summed E-state index contributed by atoms with van der Waals surface area (Å²) >= 11 is 0. The van der Waals surface area contributed by atoms with Gasteiger partial charge >= 0.3 is 0 Å². The minimum absolute atomic E-state index is 0.0738. The van der Waals surface area contributed by atoms with Crippen LogP contribution in [0.1, 0.15) is 38.2 Å². The molecule has 1 aromatic rings. The second-order valence-corrected chi connectivity index (χ2v) is 6.99. The van der Waals surface area contributed by atoms with Gasteiger partial charge in [0.05, 0.1) is 0 Å². The van der Waals surface area contributed by atoms with E-state index in [4.69, 9.17) is 0 Å². The molecule has 1 heterocycles. The SMILES string of the molecule is CC(=O)NC(C(=O)NCc1cccc(N2CC=CC2)c1)C1CCCC1. The Balaban J connectivity index is 1.60. The first kappa shape index (κ1) is 17.5. The van der Waals surface area contributed by atoms with E-state index in [0.717, 1.165) is 44.3 Å². The molecule has 1 aliphatic carbocycles. The van der Waals surface area contributed by atoms with Crippen molar-refractivity contribution in [2.75, 3.05) is 18.0 Å². The van der Waals surface area contributed by atoms with Gasteiger partial charge in [0.15, 0.2) is 0 Å². The van der Waals surface area contributed by atoms with Crippen LogP contribution in [0.15, 0.2) is 36.4 Å². The van der Waals surface area contributed by atoms with E-state index < -0.39 is 6.04 Å². The molecule has 1 saturated carbocycles. The van der Waals surface area contributed by atoms with Crippen molar-refractivity contribution in [1.29, 1.82) is 0 Å². The Morgan fingerprint density at radius 3 is 2.60 bits per heavy atom. The smallest absolute Gasteiger partial charge is 0.243 e.